The molecule has 1 aliphatic rings. The van der Waals surface area contributed by atoms with Crippen LogP contribution in [0.15, 0.2) is 0 Å². The Morgan fingerprint density at radius 2 is 1.89 bits per heavy atom. The summed E-state index contributed by atoms with van der Waals surface area (Å²) in [6.45, 7) is 0.165. The fourth-order valence-corrected chi connectivity index (χ4v) is 4.42. The van der Waals surface area contributed by atoms with Crippen LogP contribution in [0.5, 0.6) is 0 Å². The van der Waals surface area contributed by atoms with Gasteiger partial charge in [-0.25, -0.2) is 8.42 Å². The predicted molar refractivity (Wildman–Crippen MR) is 68.1 cm³/mol. The van der Waals surface area contributed by atoms with Gasteiger partial charge in [0.1, 0.15) is 9.84 Å². The molecule has 0 radical (unpaired) electrons. The van der Waals surface area contributed by atoms with Crippen molar-refractivity contribution in [1.82, 2.24) is 9.03 Å². The van der Waals surface area contributed by atoms with Crippen LogP contribution in [0, 0.1) is 0 Å². The molecule has 1 heterocycles. The standard InChI is InChI=1S/C9H20N2O5S2/c1-11(5-2-6-12)18(15,16)10-9-3-7-17(13,14)8-4-9/h9-10,12H,2-8H2,1H3. The molecule has 0 spiro atoms. The molecular weight excluding hydrogens is 280 g/mol. The normalized spacial score (nSPS) is 21.3. The first kappa shape index (κ1) is 15.8. The van der Waals surface area contributed by atoms with Gasteiger partial charge in [0.15, 0.2) is 0 Å². The van der Waals surface area contributed by atoms with E-state index in [9.17, 15) is 16.8 Å². The zero-order chi connectivity index (χ0) is 13.8. The van der Waals surface area contributed by atoms with Crippen molar-refractivity contribution in [3.05, 3.63) is 0 Å². The Bertz CT molecular complexity index is 445. The molecule has 9 heteroatoms. The van der Waals surface area contributed by atoms with Crippen molar-refractivity contribution < 1.29 is 21.9 Å². The summed E-state index contributed by atoms with van der Waals surface area (Å²) < 4.78 is 49.8. The van der Waals surface area contributed by atoms with Gasteiger partial charge in [0.25, 0.3) is 10.2 Å². The fourth-order valence-electron chi connectivity index (χ4n) is 1.72. The number of nitrogens with zero attached hydrogens (tertiary/aromatic N) is 1. The lowest BCUT2D eigenvalue weighted by atomic mass is 10.2. The highest BCUT2D eigenvalue weighted by molar-refractivity contribution is 7.91. The Balaban J connectivity index is 2.51. The van der Waals surface area contributed by atoms with Gasteiger partial charge in [-0.05, 0) is 19.3 Å². The van der Waals surface area contributed by atoms with Crippen molar-refractivity contribution >= 4 is 20.0 Å². The van der Waals surface area contributed by atoms with Gasteiger partial charge in [-0.1, -0.05) is 0 Å². The lowest BCUT2D eigenvalue weighted by Gasteiger charge is -2.25. The van der Waals surface area contributed by atoms with E-state index in [4.69, 9.17) is 5.11 Å². The van der Waals surface area contributed by atoms with E-state index < -0.39 is 20.0 Å². The highest BCUT2D eigenvalue weighted by Gasteiger charge is 2.28. The average Bonchev–Trinajstić information content (AvgIpc) is 2.28. The van der Waals surface area contributed by atoms with E-state index in [-0.39, 0.29) is 30.7 Å². The van der Waals surface area contributed by atoms with E-state index in [0.717, 1.165) is 4.31 Å². The van der Waals surface area contributed by atoms with Crippen LogP contribution >= 0.6 is 0 Å². The minimum atomic E-state index is -3.59. The molecule has 0 aliphatic carbocycles. The SMILES string of the molecule is CN(CCCO)S(=O)(=O)NC1CCS(=O)(=O)CC1. The van der Waals surface area contributed by atoms with Crippen molar-refractivity contribution in [2.24, 2.45) is 0 Å². The molecule has 1 rings (SSSR count). The summed E-state index contributed by atoms with van der Waals surface area (Å²) in [6.07, 6.45) is 1.00. The van der Waals surface area contributed by atoms with E-state index in [1.54, 1.807) is 0 Å². The second-order valence-electron chi connectivity index (χ2n) is 4.45. The quantitative estimate of drug-likeness (QED) is 0.635. The van der Waals surface area contributed by atoms with Gasteiger partial charge in [-0.3, -0.25) is 0 Å². The molecule has 0 amide bonds. The van der Waals surface area contributed by atoms with Gasteiger partial charge >= 0.3 is 0 Å². The van der Waals surface area contributed by atoms with E-state index in [1.807, 2.05) is 0 Å². The van der Waals surface area contributed by atoms with Gasteiger partial charge in [-0.2, -0.15) is 17.4 Å². The summed E-state index contributed by atoms with van der Waals surface area (Å²) in [5.74, 6) is 0.0566. The second kappa shape index (κ2) is 6.29. The van der Waals surface area contributed by atoms with Crippen LogP contribution in [0.4, 0.5) is 0 Å². The van der Waals surface area contributed by atoms with Crippen LogP contribution in [0.2, 0.25) is 0 Å². The fraction of sp³-hybridized carbons (Fsp3) is 1.00. The van der Waals surface area contributed by atoms with Crippen LogP contribution in [-0.2, 0) is 20.0 Å². The Morgan fingerprint density at radius 1 is 1.33 bits per heavy atom. The van der Waals surface area contributed by atoms with E-state index in [2.05, 4.69) is 4.72 Å². The van der Waals surface area contributed by atoms with Crippen LogP contribution in [0.25, 0.3) is 0 Å². The smallest absolute Gasteiger partial charge is 0.279 e. The van der Waals surface area contributed by atoms with Crippen molar-refractivity contribution in [1.29, 1.82) is 0 Å². The number of aliphatic hydroxyl groups is 1. The molecule has 7 nitrogen and oxygen atoms in total. The number of nitrogens with one attached hydrogen (secondary N) is 1. The monoisotopic (exact) mass is 300 g/mol. The zero-order valence-electron chi connectivity index (χ0n) is 10.4. The van der Waals surface area contributed by atoms with Gasteiger partial charge in [0.05, 0.1) is 11.5 Å². The summed E-state index contributed by atoms with van der Waals surface area (Å²) in [7, 11) is -5.15. The molecule has 0 saturated carbocycles. The summed E-state index contributed by atoms with van der Waals surface area (Å²) >= 11 is 0. The lowest BCUT2D eigenvalue weighted by Crippen LogP contribution is -2.46. The molecule has 1 fully saturated rings. The molecule has 18 heavy (non-hydrogen) atoms. The molecule has 0 aromatic carbocycles. The molecule has 2 N–H and O–H groups in total. The maximum atomic E-state index is 11.8. The third kappa shape index (κ3) is 4.81. The maximum absolute atomic E-state index is 11.8. The number of aliphatic hydroxyl groups excluding tert-OH is 1. The predicted octanol–water partition coefficient (Wildman–Crippen LogP) is -1.29. The zero-order valence-corrected chi connectivity index (χ0v) is 12.0. The number of hydrogen-bond donors (Lipinski definition) is 2. The highest BCUT2D eigenvalue weighted by Crippen LogP contribution is 2.13. The summed E-state index contributed by atoms with van der Waals surface area (Å²) in [5.41, 5.74) is 0. The van der Waals surface area contributed by atoms with Crippen molar-refractivity contribution in [3.8, 4) is 0 Å². The summed E-state index contributed by atoms with van der Waals surface area (Å²) in [5, 5.41) is 8.65. The first-order valence-electron chi connectivity index (χ1n) is 5.82. The highest BCUT2D eigenvalue weighted by atomic mass is 32.2. The van der Waals surface area contributed by atoms with Gasteiger partial charge < -0.3 is 5.11 Å². The molecule has 0 unspecified atom stereocenters. The molecular formula is C9H20N2O5S2. The molecule has 0 aromatic heterocycles. The minimum Gasteiger partial charge on any atom is -0.396 e. The van der Waals surface area contributed by atoms with Crippen LogP contribution in [0.1, 0.15) is 19.3 Å². The van der Waals surface area contributed by atoms with Gasteiger partial charge in [0, 0.05) is 26.2 Å². The lowest BCUT2D eigenvalue weighted by molar-refractivity contribution is 0.275. The third-order valence-electron chi connectivity index (χ3n) is 2.91. The molecule has 0 aromatic rings. The Kier molecular flexibility index (Phi) is 5.53. The topological polar surface area (TPSA) is 104 Å². The number of hydrogen-bond acceptors (Lipinski definition) is 5. The summed E-state index contributed by atoms with van der Waals surface area (Å²) in [4.78, 5) is 0. The molecule has 1 aliphatic heterocycles. The number of sulfone groups is 1. The second-order valence-corrected chi connectivity index (χ2v) is 8.56. The van der Waals surface area contributed by atoms with Crippen molar-refractivity contribution in [2.75, 3.05) is 31.7 Å². The van der Waals surface area contributed by atoms with Crippen LogP contribution < -0.4 is 4.72 Å². The van der Waals surface area contributed by atoms with Gasteiger partial charge in [-0.15, -0.1) is 0 Å². The molecule has 0 bridgehead atoms. The molecule has 0 atom stereocenters. The third-order valence-corrected chi connectivity index (χ3v) is 6.26. The van der Waals surface area contributed by atoms with E-state index >= 15 is 0 Å². The first-order valence-corrected chi connectivity index (χ1v) is 9.08. The van der Waals surface area contributed by atoms with E-state index in [0.29, 0.717) is 19.3 Å². The first-order chi connectivity index (χ1) is 8.27. The van der Waals surface area contributed by atoms with Crippen LogP contribution in [0.3, 0.4) is 0 Å². The maximum Gasteiger partial charge on any atom is 0.279 e. The van der Waals surface area contributed by atoms with Crippen molar-refractivity contribution in [3.63, 3.8) is 0 Å². The summed E-state index contributed by atoms with van der Waals surface area (Å²) in [6, 6.07) is -0.324. The minimum absolute atomic E-state index is 0.0283. The molecule has 1 saturated heterocycles. The Morgan fingerprint density at radius 3 is 2.39 bits per heavy atom. The van der Waals surface area contributed by atoms with Gasteiger partial charge in [0.2, 0.25) is 0 Å². The molecule has 108 valence electrons. The van der Waals surface area contributed by atoms with E-state index in [1.165, 1.54) is 7.05 Å². The largest absolute Gasteiger partial charge is 0.396 e. The Labute approximate surface area is 108 Å². The average molecular weight is 300 g/mol. The van der Waals surface area contributed by atoms with Crippen LogP contribution in [-0.4, -0.2) is 64.0 Å². The Hall–Kier alpha value is -0.220. The number of rotatable bonds is 6. The van der Waals surface area contributed by atoms with Crippen molar-refractivity contribution in [2.45, 2.75) is 25.3 Å².